The fourth-order valence-corrected chi connectivity index (χ4v) is 2.46. The Morgan fingerprint density at radius 1 is 1.58 bits per heavy atom. The van der Waals surface area contributed by atoms with Crippen molar-refractivity contribution in [2.45, 2.75) is 26.4 Å². The van der Waals surface area contributed by atoms with E-state index in [4.69, 9.17) is 4.74 Å². The lowest BCUT2D eigenvalue weighted by Gasteiger charge is -2.45. The Bertz CT molecular complexity index is 232. The van der Waals surface area contributed by atoms with Crippen molar-refractivity contribution >= 4 is 5.97 Å². The largest absolute Gasteiger partial charge is 0.462 e. The Labute approximate surface area is 72.6 Å². The monoisotopic (exact) mass is 166 g/mol. The summed E-state index contributed by atoms with van der Waals surface area (Å²) in [6, 6.07) is 0. The van der Waals surface area contributed by atoms with Crippen molar-refractivity contribution in [1.82, 2.24) is 0 Å². The molecule has 12 heavy (non-hydrogen) atoms. The van der Waals surface area contributed by atoms with E-state index in [1.807, 2.05) is 0 Å². The molecule has 0 unspecified atom stereocenters. The lowest BCUT2D eigenvalue weighted by Crippen LogP contribution is -2.49. The Hall–Kier alpha value is -0.790. The molecule has 0 heterocycles. The first-order valence-corrected chi connectivity index (χ1v) is 4.54. The van der Waals surface area contributed by atoms with Crippen molar-refractivity contribution in [3.05, 3.63) is 12.2 Å². The Morgan fingerprint density at radius 3 is 3.00 bits per heavy atom. The fourth-order valence-electron chi connectivity index (χ4n) is 2.46. The quantitative estimate of drug-likeness (QED) is 0.438. The highest BCUT2D eigenvalue weighted by Gasteiger charge is 2.49. The molecule has 0 aromatic carbocycles. The number of fused-ring (bicyclic) bond motifs is 1. The van der Waals surface area contributed by atoms with E-state index in [1.54, 1.807) is 0 Å². The second kappa shape index (κ2) is 2.61. The van der Waals surface area contributed by atoms with Gasteiger partial charge in [-0.25, -0.2) is 0 Å². The molecule has 0 aromatic heterocycles. The third-order valence-corrected chi connectivity index (χ3v) is 3.11. The Morgan fingerprint density at radius 2 is 2.33 bits per heavy atom. The molecule has 1 fully saturated rings. The third kappa shape index (κ3) is 0.977. The van der Waals surface area contributed by atoms with Crippen LogP contribution in [-0.2, 0) is 9.53 Å². The standard InChI is InChI=1S/C10H14O2/c1-6-8-4-3-5-9(8)10(6)12-7(2)11/h3-4,6,8-10H,5H2,1-2H3/t6-,8-,9+,10-/m1/s1. The number of ether oxygens (including phenoxy) is 1. The van der Waals surface area contributed by atoms with Crippen molar-refractivity contribution in [2.75, 3.05) is 0 Å². The smallest absolute Gasteiger partial charge is 0.302 e. The van der Waals surface area contributed by atoms with Gasteiger partial charge in [0.05, 0.1) is 0 Å². The van der Waals surface area contributed by atoms with Crippen molar-refractivity contribution in [3.8, 4) is 0 Å². The van der Waals surface area contributed by atoms with Gasteiger partial charge in [-0.15, -0.1) is 0 Å². The summed E-state index contributed by atoms with van der Waals surface area (Å²) in [7, 11) is 0. The zero-order valence-corrected chi connectivity index (χ0v) is 7.49. The summed E-state index contributed by atoms with van der Waals surface area (Å²) < 4.78 is 5.23. The Kier molecular flexibility index (Phi) is 1.71. The number of esters is 1. The van der Waals surface area contributed by atoms with Crippen LogP contribution >= 0.6 is 0 Å². The maximum absolute atomic E-state index is 10.7. The highest BCUT2D eigenvalue weighted by Crippen LogP contribution is 2.48. The predicted molar refractivity (Wildman–Crippen MR) is 45.5 cm³/mol. The van der Waals surface area contributed by atoms with Gasteiger partial charge in [-0.3, -0.25) is 4.79 Å². The van der Waals surface area contributed by atoms with Crippen molar-refractivity contribution in [2.24, 2.45) is 17.8 Å². The number of hydrogen-bond acceptors (Lipinski definition) is 2. The molecular formula is C10H14O2. The van der Waals surface area contributed by atoms with Gasteiger partial charge in [0, 0.05) is 18.8 Å². The highest BCUT2D eigenvalue weighted by molar-refractivity contribution is 5.66. The molecule has 4 atom stereocenters. The molecule has 2 rings (SSSR count). The van der Waals surface area contributed by atoms with E-state index in [-0.39, 0.29) is 12.1 Å². The van der Waals surface area contributed by atoms with E-state index in [0.29, 0.717) is 17.8 Å². The summed E-state index contributed by atoms with van der Waals surface area (Å²) in [6.07, 6.45) is 5.74. The molecule has 2 heteroatoms. The third-order valence-electron chi connectivity index (χ3n) is 3.11. The number of carbonyl (C=O) groups is 1. The molecule has 66 valence electrons. The molecule has 2 aliphatic rings. The molecular weight excluding hydrogens is 152 g/mol. The van der Waals surface area contributed by atoms with Crippen LogP contribution in [0.5, 0.6) is 0 Å². The zero-order chi connectivity index (χ0) is 8.72. The minimum absolute atomic E-state index is 0.141. The minimum Gasteiger partial charge on any atom is -0.462 e. The average molecular weight is 166 g/mol. The molecule has 0 spiro atoms. The summed E-state index contributed by atoms with van der Waals surface area (Å²) in [5, 5.41) is 0. The highest BCUT2D eigenvalue weighted by atomic mass is 16.5. The van der Waals surface area contributed by atoms with Gasteiger partial charge in [0.2, 0.25) is 0 Å². The van der Waals surface area contributed by atoms with Gasteiger partial charge in [0.25, 0.3) is 0 Å². The second-order valence-corrected chi connectivity index (χ2v) is 3.84. The van der Waals surface area contributed by atoms with E-state index in [1.165, 1.54) is 6.92 Å². The zero-order valence-electron chi connectivity index (χ0n) is 7.49. The number of allylic oxidation sites excluding steroid dienone is 2. The van der Waals surface area contributed by atoms with Gasteiger partial charge in [-0.2, -0.15) is 0 Å². The minimum atomic E-state index is -0.141. The molecule has 0 N–H and O–H groups in total. The molecule has 0 aliphatic heterocycles. The first-order valence-electron chi connectivity index (χ1n) is 4.54. The summed E-state index contributed by atoms with van der Waals surface area (Å²) in [6.45, 7) is 3.65. The normalized spacial score (nSPS) is 43.5. The van der Waals surface area contributed by atoms with Crippen LogP contribution in [0.25, 0.3) is 0 Å². The van der Waals surface area contributed by atoms with Crippen LogP contribution in [-0.4, -0.2) is 12.1 Å². The van der Waals surface area contributed by atoms with E-state index < -0.39 is 0 Å². The molecule has 1 saturated carbocycles. The molecule has 0 bridgehead atoms. The average Bonchev–Trinajstić information content (AvgIpc) is 2.44. The molecule has 0 radical (unpaired) electrons. The number of rotatable bonds is 1. The summed E-state index contributed by atoms with van der Waals surface area (Å²) in [4.78, 5) is 10.7. The van der Waals surface area contributed by atoms with Crippen LogP contribution in [0.1, 0.15) is 20.3 Å². The lowest BCUT2D eigenvalue weighted by molar-refractivity contribution is -0.166. The van der Waals surface area contributed by atoms with Crippen LogP contribution in [0.4, 0.5) is 0 Å². The van der Waals surface area contributed by atoms with Crippen molar-refractivity contribution in [3.63, 3.8) is 0 Å². The van der Waals surface area contributed by atoms with E-state index >= 15 is 0 Å². The lowest BCUT2D eigenvalue weighted by atomic mass is 9.65. The topological polar surface area (TPSA) is 26.3 Å². The SMILES string of the molecule is CC(=O)O[C@@H]1[C@H](C)[C@H]2C=CC[C@@H]21. The van der Waals surface area contributed by atoms with Crippen LogP contribution in [0.15, 0.2) is 12.2 Å². The van der Waals surface area contributed by atoms with Gasteiger partial charge in [-0.1, -0.05) is 19.1 Å². The predicted octanol–water partition coefficient (Wildman–Crippen LogP) is 1.76. The van der Waals surface area contributed by atoms with Gasteiger partial charge < -0.3 is 4.74 Å². The fraction of sp³-hybridized carbons (Fsp3) is 0.700. The van der Waals surface area contributed by atoms with Crippen LogP contribution in [0.2, 0.25) is 0 Å². The molecule has 2 nitrogen and oxygen atoms in total. The van der Waals surface area contributed by atoms with E-state index in [9.17, 15) is 4.79 Å². The maximum atomic E-state index is 10.7. The van der Waals surface area contributed by atoms with Gasteiger partial charge in [-0.05, 0) is 12.3 Å². The first-order chi connectivity index (χ1) is 5.70. The Balaban J connectivity index is 1.98. The van der Waals surface area contributed by atoms with Crippen LogP contribution < -0.4 is 0 Å². The van der Waals surface area contributed by atoms with E-state index in [0.717, 1.165) is 6.42 Å². The van der Waals surface area contributed by atoms with E-state index in [2.05, 4.69) is 19.1 Å². The summed E-state index contributed by atoms with van der Waals surface area (Å²) in [5.74, 6) is 1.65. The molecule has 0 aromatic rings. The van der Waals surface area contributed by atoms with Crippen molar-refractivity contribution < 1.29 is 9.53 Å². The van der Waals surface area contributed by atoms with Crippen molar-refractivity contribution in [1.29, 1.82) is 0 Å². The summed E-state index contributed by atoms with van der Waals surface area (Å²) in [5.41, 5.74) is 0. The number of hydrogen-bond donors (Lipinski definition) is 0. The van der Waals surface area contributed by atoms with Gasteiger partial charge in [0.15, 0.2) is 0 Å². The second-order valence-electron chi connectivity index (χ2n) is 3.84. The first kappa shape index (κ1) is 7.84. The molecule has 0 amide bonds. The maximum Gasteiger partial charge on any atom is 0.302 e. The molecule has 0 saturated heterocycles. The van der Waals surface area contributed by atoms with Crippen LogP contribution in [0, 0.1) is 17.8 Å². The van der Waals surface area contributed by atoms with Gasteiger partial charge >= 0.3 is 5.97 Å². The number of carbonyl (C=O) groups excluding carboxylic acids is 1. The molecule has 2 aliphatic carbocycles. The summed E-state index contributed by atoms with van der Waals surface area (Å²) >= 11 is 0. The van der Waals surface area contributed by atoms with Gasteiger partial charge in [0.1, 0.15) is 6.10 Å². The van der Waals surface area contributed by atoms with Crippen LogP contribution in [0.3, 0.4) is 0 Å².